The molecule has 0 aliphatic heterocycles. The summed E-state index contributed by atoms with van der Waals surface area (Å²) in [5, 5.41) is 20.2. The Morgan fingerprint density at radius 1 is 0.727 bits per heavy atom. The van der Waals surface area contributed by atoms with Gasteiger partial charge in [0.25, 0.3) is 0 Å². The molecule has 0 aliphatic carbocycles. The van der Waals surface area contributed by atoms with E-state index in [0.29, 0.717) is 11.1 Å². The van der Waals surface area contributed by atoms with Crippen LogP contribution in [0.3, 0.4) is 0 Å². The molecule has 0 saturated carbocycles. The second-order valence-electron chi connectivity index (χ2n) is 8.37. The molecule has 4 aromatic rings. The molecule has 3 nitrogen and oxygen atoms in total. The van der Waals surface area contributed by atoms with Crippen LogP contribution in [0.5, 0.6) is 0 Å². The zero-order chi connectivity index (χ0) is 23.4. The third kappa shape index (κ3) is 4.43. The van der Waals surface area contributed by atoms with Crippen LogP contribution in [0.1, 0.15) is 16.7 Å². The van der Waals surface area contributed by atoms with E-state index in [1.165, 1.54) is 16.4 Å². The number of nitrogens with zero attached hydrogens (tertiary/aromatic N) is 3. The molecule has 0 heterocycles. The first-order chi connectivity index (χ1) is 16.0. The highest BCUT2D eigenvalue weighted by molar-refractivity contribution is 6.72. The molecule has 4 heteroatoms. The fourth-order valence-corrected chi connectivity index (χ4v) is 5.46. The minimum Gasteiger partial charge on any atom is -0.310 e. The number of benzene rings is 4. The fourth-order valence-electron chi connectivity index (χ4n) is 4.15. The molecule has 4 aromatic carbocycles. The monoisotopic (exact) mass is 443 g/mol. The molecule has 0 radical (unpaired) electrons. The highest BCUT2D eigenvalue weighted by Crippen LogP contribution is 2.37. The minimum atomic E-state index is -1.07. The largest absolute Gasteiger partial charge is 0.310 e. The van der Waals surface area contributed by atoms with Gasteiger partial charge in [0.15, 0.2) is 0 Å². The van der Waals surface area contributed by atoms with E-state index in [-0.39, 0.29) is 0 Å². The van der Waals surface area contributed by atoms with E-state index in [0.717, 1.165) is 22.5 Å². The lowest BCUT2D eigenvalue weighted by molar-refractivity contribution is 1.26. The Hall–Kier alpha value is -4.12. The Bertz CT molecular complexity index is 1380. The molecule has 33 heavy (non-hydrogen) atoms. The second-order valence-corrected chi connectivity index (χ2v) is 11.3. The van der Waals surface area contributed by atoms with Crippen LogP contribution < -0.4 is 10.1 Å². The average Bonchev–Trinajstić information content (AvgIpc) is 2.85. The quantitative estimate of drug-likeness (QED) is 0.328. The van der Waals surface area contributed by atoms with Gasteiger partial charge in [-0.2, -0.15) is 10.5 Å². The van der Waals surface area contributed by atoms with Crippen LogP contribution in [0.25, 0.3) is 11.1 Å². The lowest BCUT2D eigenvalue weighted by atomic mass is 9.98. The van der Waals surface area contributed by atoms with Gasteiger partial charge in [0.05, 0.1) is 32.1 Å². The van der Waals surface area contributed by atoms with Gasteiger partial charge in [-0.25, -0.2) is 0 Å². The van der Waals surface area contributed by atoms with Crippen molar-refractivity contribution in [1.82, 2.24) is 0 Å². The molecule has 0 aromatic heterocycles. The minimum absolute atomic E-state index is 0.493. The normalized spacial score (nSPS) is 10.5. The number of nitriles is 2. The molecule has 0 bridgehead atoms. The highest BCUT2D eigenvalue weighted by Gasteiger charge is 2.19. The van der Waals surface area contributed by atoms with Crippen LogP contribution in [0.2, 0.25) is 13.1 Å². The summed E-state index contributed by atoms with van der Waals surface area (Å²) in [6.07, 6.45) is 0. The predicted molar refractivity (Wildman–Crippen MR) is 139 cm³/mol. The molecule has 160 valence electrons. The van der Waals surface area contributed by atoms with Crippen molar-refractivity contribution in [3.8, 4) is 23.3 Å². The topological polar surface area (TPSA) is 50.8 Å². The summed E-state index contributed by atoms with van der Waals surface area (Å²) < 4.78 is 0. The predicted octanol–water partition coefficient (Wildman–Crippen LogP) is 6.57. The first kappa shape index (κ1) is 22.1. The summed E-state index contributed by atoms with van der Waals surface area (Å²) in [6.45, 7) is 6.85. The summed E-state index contributed by atoms with van der Waals surface area (Å²) in [5.74, 6) is 0. The van der Waals surface area contributed by atoms with Gasteiger partial charge < -0.3 is 4.90 Å². The third-order valence-electron chi connectivity index (χ3n) is 5.86. The van der Waals surface area contributed by atoms with E-state index in [4.69, 9.17) is 5.26 Å². The zero-order valence-electron chi connectivity index (χ0n) is 19.1. The molecule has 0 unspecified atom stereocenters. The van der Waals surface area contributed by atoms with E-state index in [9.17, 15) is 5.26 Å². The van der Waals surface area contributed by atoms with Crippen LogP contribution in [0.15, 0.2) is 91.0 Å². The molecular formula is C29H25N3Si. The summed E-state index contributed by atoms with van der Waals surface area (Å²) >= 11 is 0. The van der Waals surface area contributed by atoms with Crippen molar-refractivity contribution in [2.75, 3.05) is 4.90 Å². The molecule has 0 amide bonds. The van der Waals surface area contributed by atoms with E-state index in [1.54, 1.807) is 12.1 Å². The fraction of sp³-hybridized carbons (Fsp3) is 0.103. The lowest BCUT2D eigenvalue weighted by Gasteiger charge is -2.30. The van der Waals surface area contributed by atoms with E-state index in [1.807, 2.05) is 6.07 Å². The smallest absolute Gasteiger partial charge is 0.0998 e. The number of hydrogen-bond acceptors (Lipinski definition) is 3. The van der Waals surface area contributed by atoms with Crippen LogP contribution in [0, 0.1) is 29.6 Å². The number of hydrogen-bond donors (Lipinski definition) is 0. The Kier molecular flexibility index (Phi) is 6.40. The Morgan fingerprint density at radius 3 is 2.03 bits per heavy atom. The van der Waals surface area contributed by atoms with Gasteiger partial charge in [-0.3, -0.25) is 0 Å². The molecule has 4 rings (SSSR count). The molecule has 0 saturated heterocycles. The summed E-state index contributed by atoms with van der Waals surface area (Å²) in [5.41, 5.74) is 7.45. The van der Waals surface area contributed by atoms with Gasteiger partial charge >= 0.3 is 0 Å². The van der Waals surface area contributed by atoms with Gasteiger partial charge in [0.2, 0.25) is 0 Å². The molecule has 0 atom stereocenters. The maximum atomic E-state index is 9.59. The number of rotatable bonds is 5. The maximum absolute atomic E-state index is 9.59. The standard InChI is InChI=1S/C29H25N3Si/c1-21-8-4-5-9-27(21)32(28-10-6-7-11-29(28)33(2)3)25-15-13-23(14-16-25)26-17-12-22(19-30)18-24(26)20-31/h4-18,33H,1-3H3. The Balaban J connectivity index is 1.85. The SMILES string of the molecule is Cc1ccccc1N(c1ccc(-c2ccc(C#N)cc2C#N)cc1)c1ccccc1[SiH](C)C. The van der Waals surface area contributed by atoms with Crippen LogP contribution in [0.4, 0.5) is 17.1 Å². The van der Waals surface area contributed by atoms with Crippen molar-refractivity contribution in [2.24, 2.45) is 0 Å². The summed E-state index contributed by atoms with van der Waals surface area (Å²) in [7, 11) is -1.07. The Labute approximate surface area is 197 Å². The maximum Gasteiger partial charge on any atom is 0.0998 e. The molecule has 0 spiro atoms. The van der Waals surface area contributed by atoms with Gasteiger partial charge in [-0.1, -0.05) is 67.7 Å². The van der Waals surface area contributed by atoms with Crippen molar-refractivity contribution >= 4 is 31.0 Å². The summed E-state index contributed by atoms with van der Waals surface area (Å²) in [6, 6.07) is 35.1. The van der Waals surface area contributed by atoms with Crippen LogP contribution in [-0.4, -0.2) is 8.80 Å². The first-order valence-electron chi connectivity index (χ1n) is 11.0. The van der Waals surface area contributed by atoms with E-state index in [2.05, 4.69) is 110 Å². The van der Waals surface area contributed by atoms with Crippen LogP contribution in [-0.2, 0) is 0 Å². The second kappa shape index (κ2) is 9.57. The number of para-hydroxylation sites is 2. The number of aryl methyl sites for hydroxylation is 1. The van der Waals surface area contributed by atoms with Crippen molar-refractivity contribution in [1.29, 1.82) is 10.5 Å². The third-order valence-corrected chi connectivity index (χ3v) is 7.59. The number of anilines is 3. The average molecular weight is 444 g/mol. The van der Waals surface area contributed by atoms with Gasteiger partial charge in [0.1, 0.15) is 0 Å². The van der Waals surface area contributed by atoms with Crippen molar-refractivity contribution in [2.45, 2.75) is 20.0 Å². The van der Waals surface area contributed by atoms with Crippen molar-refractivity contribution in [3.63, 3.8) is 0 Å². The first-order valence-corrected chi connectivity index (χ1v) is 13.9. The van der Waals surface area contributed by atoms with Gasteiger partial charge in [0, 0.05) is 17.1 Å². The van der Waals surface area contributed by atoms with Crippen molar-refractivity contribution in [3.05, 3.63) is 108 Å². The summed E-state index contributed by atoms with van der Waals surface area (Å²) in [4.78, 5) is 2.34. The zero-order valence-corrected chi connectivity index (χ0v) is 20.2. The van der Waals surface area contributed by atoms with E-state index < -0.39 is 8.80 Å². The van der Waals surface area contributed by atoms with Gasteiger partial charge in [-0.15, -0.1) is 0 Å². The molecular weight excluding hydrogens is 418 g/mol. The van der Waals surface area contributed by atoms with Crippen molar-refractivity contribution < 1.29 is 0 Å². The highest BCUT2D eigenvalue weighted by atomic mass is 28.3. The molecule has 0 fully saturated rings. The lowest BCUT2D eigenvalue weighted by Crippen LogP contribution is -2.29. The van der Waals surface area contributed by atoms with Crippen LogP contribution >= 0.6 is 0 Å². The van der Waals surface area contributed by atoms with E-state index >= 15 is 0 Å². The Morgan fingerprint density at radius 2 is 1.39 bits per heavy atom. The molecule has 0 aliphatic rings. The molecule has 0 N–H and O–H groups in total. The van der Waals surface area contributed by atoms with Gasteiger partial charge in [-0.05, 0) is 65.2 Å².